The summed E-state index contributed by atoms with van der Waals surface area (Å²) in [4.78, 5) is 16.8. The quantitative estimate of drug-likeness (QED) is 0.361. The molecule has 1 aromatic rings. The Hall–Kier alpha value is -2.12. The summed E-state index contributed by atoms with van der Waals surface area (Å²) >= 11 is 5.96. The molecule has 1 saturated carbocycles. The maximum Gasteiger partial charge on any atom is 0.255 e. The standard InChI is InChI=1S/C19H28ClN5O2/c1-12(2)24-15-10-17(20)23-11-14(15)18(26)25-13-4-7-19(27,8-5-13)16(22-3)6-9-21/h6,9-13,21-22,27H,4-5,7-8H2,1-3H3,(H,23,24)(H,25,26)/b16-6-,21-9?. The summed E-state index contributed by atoms with van der Waals surface area (Å²) in [6.45, 7) is 3.97. The molecule has 148 valence electrons. The van der Waals surface area contributed by atoms with E-state index in [1.54, 1.807) is 19.2 Å². The van der Waals surface area contributed by atoms with Crippen LogP contribution in [-0.4, -0.2) is 46.9 Å². The van der Waals surface area contributed by atoms with Gasteiger partial charge < -0.3 is 26.5 Å². The number of amides is 1. The first kappa shape index (κ1) is 21.2. The van der Waals surface area contributed by atoms with E-state index in [1.165, 1.54) is 6.20 Å². The third kappa shape index (κ3) is 5.43. The summed E-state index contributed by atoms with van der Waals surface area (Å²) in [5.41, 5.74) is 0.752. The number of hydrogen-bond donors (Lipinski definition) is 5. The third-order valence-electron chi connectivity index (χ3n) is 4.73. The van der Waals surface area contributed by atoms with Gasteiger partial charge in [-0.25, -0.2) is 4.98 Å². The van der Waals surface area contributed by atoms with E-state index >= 15 is 0 Å². The van der Waals surface area contributed by atoms with Gasteiger partial charge in [-0.3, -0.25) is 4.79 Å². The minimum atomic E-state index is -0.986. The van der Waals surface area contributed by atoms with Crippen LogP contribution in [0.5, 0.6) is 0 Å². The van der Waals surface area contributed by atoms with Gasteiger partial charge in [0.2, 0.25) is 0 Å². The van der Waals surface area contributed by atoms with Gasteiger partial charge in [-0.05, 0) is 51.7 Å². The first-order valence-corrected chi connectivity index (χ1v) is 9.51. The number of likely N-dealkylation sites (N-methyl/N-ethyl adjacent to an activating group) is 1. The van der Waals surface area contributed by atoms with Crippen molar-refractivity contribution in [3.63, 3.8) is 0 Å². The van der Waals surface area contributed by atoms with E-state index in [0.29, 0.717) is 47.8 Å². The van der Waals surface area contributed by atoms with Crippen LogP contribution in [0.3, 0.4) is 0 Å². The van der Waals surface area contributed by atoms with E-state index in [4.69, 9.17) is 17.0 Å². The molecule has 0 atom stereocenters. The Balaban J connectivity index is 2.04. The number of carbonyl (C=O) groups excluding carboxylic acids is 1. The number of rotatable bonds is 7. The number of anilines is 1. The van der Waals surface area contributed by atoms with Crippen LogP contribution in [0.2, 0.25) is 5.15 Å². The van der Waals surface area contributed by atoms with Gasteiger partial charge in [0.05, 0.1) is 11.3 Å². The zero-order chi connectivity index (χ0) is 20.0. The van der Waals surface area contributed by atoms with Crippen molar-refractivity contribution in [3.8, 4) is 0 Å². The molecule has 1 aliphatic rings. The predicted molar refractivity (Wildman–Crippen MR) is 109 cm³/mol. The number of aromatic nitrogens is 1. The Kier molecular flexibility index (Phi) is 7.21. The van der Waals surface area contributed by atoms with Gasteiger partial charge in [-0.15, -0.1) is 0 Å². The first-order chi connectivity index (χ1) is 12.8. The lowest BCUT2D eigenvalue weighted by Gasteiger charge is -2.37. The molecule has 5 N–H and O–H groups in total. The fourth-order valence-corrected chi connectivity index (χ4v) is 3.53. The van der Waals surface area contributed by atoms with Crippen LogP contribution in [0, 0.1) is 5.41 Å². The monoisotopic (exact) mass is 393 g/mol. The highest BCUT2D eigenvalue weighted by molar-refractivity contribution is 6.29. The molecule has 0 aromatic carbocycles. The van der Waals surface area contributed by atoms with Crippen LogP contribution < -0.4 is 16.0 Å². The highest BCUT2D eigenvalue weighted by Gasteiger charge is 2.36. The molecule has 27 heavy (non-hydrogen) atoms. The van der Waals surface area contributed by atoms with Crippen molar-refractivity contribution in [2.24, 2.45) is 0 Å². The summed E-state index contributed by atoms with van der Waals surface area (Å²) in [5, 5.41) is 27.6. The summed E-state index contributed by atoms with van der Waals surface area (Å²) in [6.07, 6.45) is 6.52. The molecule has 2 rings (SSSR count). The van der Waals surface area contributed by atoms with E-state index in [9.17, 15) is 9.90 Å². The number of hydrogen-bond acceptors (Lipinski definition) is 6. The molecule has 1 aliphatic carbocycles. The van der Waals surface area contributed by atoms with Crippen molar-refractivity contribution >= 4 is 29.4 Å². The summed E-state index contributed by atoms with van der Waals surface area (Å²) in [6, 6.07) is 1.77. The molecule has 0 spiro atoms. The van der Waals surface area contributed by atoms with E-state index in [1.807, 2.05) is 13.8 Å². The normalized spacial score (nSPS) is 23.0. The Morgan fingerprint density at radius 2 is 2.11 bits per heavy atom. The molecule has 1 amide bonds. The second-order valence-corrected chi connectivity index (χ2v) is 7.52. The lowest BCUT2D eigenvalue weighted by molar-refractivity contribution is 0.0252. The van der Waals surface area contributed by atoms with Gasteiger partial charge in [0.15, 0.2) is 0 Å². The number of nitrogens with one attached hydrogen (secondary N) is 4. The minimum Gasteiger partial charge on any atom is -0.389 e. The van der Waals surface area contributed by atoms with Gasteiger partial charge in [-0.1, -0.05) is 11.6 Å². The molecule has 0 aliphatic heterocycles. The topological polar surface area (TPSA) is 110 Å². The number of halogens is 1. The average molecular weight is 394 g/mol. The van der Waals surface area contributed by atoms with E-state index in [-0.39, 0.29) is 18.0 Å². The summed E-state index contributed by atoms with van der Waals surface area (Å²) in [7, 11) is 1.73. The van der Waals surface area contributed by atoms with Crippen LogP contribution in [0.4, 0.5) is 5.69 Å². The van der Waals surface area contributed by atoms with Gasteiger partial charge in [0.1, 0.15) is 10.8 Å². The molecule has 0 unspecified atom stereocenters. The fourth-order valence-electron chi connectivity index (χ4n) is 3.37. The van der Waals surface area contributed by atoms with Gasteiger partial charge in [-0.2, -0.15) is 0 Å². The molecule has 8 heteroatoms. The Bertz CT molecular complexity index is 712. The molecule has 7 nitrogen and oxygen atoms in total. The van der Waals surface area contributed by atoms with Crippen molar-refractivity contribution in [1.29, 1.82) is 5.41 Å². The van der Waals surface area contributed by atoms with Crippen molar-refractivity contribution < 1.29 is 9.90 Å². The molecule has 1 heterocycles. The molecule has 1 fully saturated rings. The number of carbonyl (C=O) groups is 1. The summed E-state index contributed by atoms with van der Waals surface area (Å²) in [5.74, 6) is -0.207. The van der Waals surface area contributed by atoms with Crippen LogP contribution in [-0.2, 0) is 0 Å². The number of allylic oxidation sites excluding steroid dienone is 1. The smallest absolute Gasteiger partial charge is 0.255 e. The van der Waals surface area contributed by atoms with Crippen molar-refractivity contribution in [1.82, 2.24) is 15.6 Å². The van der Waals surface area contributed by atoms with Crippen molar-refractivity contribution in [2.75, 3.05) is 12.4 Å². The van der Waals surface area contributed by atoms with E-state index < -0.39 is 5.60 Å². The largest absolute Gasteiger partial charge is 0.389 e. The van der Waals surface area contributed by atoms with Gasteiger partial charge in [0, 0.05) is 37.2 Å². The number of pyridine rings is 1. The minimum absolute atomic E-state index is 0.0292. The lowest BCUT2D eigenvalue weighted by Crippen LogP contribution is -2.46. The van der Waals surface area contributed by atoms with Crippen LogP contribution in [0.25, 0.3) is 0 Å². The maximum absolute atomic E-state index is 12.7. The van der Waals surface area contributed by atoms with Crippen LogP contribution in [0.15, 0.2) is 24.0 Å². The summed E-state index contributed by atoms with van der Waals surface area (Å²) < 4.78 is 0. The van der Waals surface area contributed by atoms with Gasteiger partial charge in [0.25, 0.3) is 5.91 Å². The second-order valence-electron chi connectivity index (χ2n) is 7.13. The highest BCUT2D eigenvalue weighted by atomic mass is 35.5. The molecule has 1 aromatic heterocycles. The molecule has 0 saturated heterocycles. The second kappa shape index (κ2) is 9.19. The fraction of sp³-hybridized carbons (Fsp3) is 0.526. The third-order valence-corrected chi connectivity index (χ3v) is 4.93. The lowest BCUT2D eigenvalue weighted by atomic mass is 9.79. The number of aliphatic hydroxyl groups is 1. The van der Waals surface area contributed by atoms with Crippen molar-refractivity contribution in [3.05, 3.63) is 34.8 Å². The highest BCUT2D eigenvalue weighted by Crippen LogP contribution is 2.33. The van der Waals surface area contributed by atoms with E-state index in [2.05, 4.69) is 20.9 Å². The molecular weight excluding hydrogens is 366 g/mol. The molecular formula is C19H28ClN5O2. The Labute approximate surface area is 165 Å². The zero-order valence-electron chi connectivity index (χ0n) is 16.0. The molecule has 0 bridgehead atoms. The van der Waals surface area contributed by atoms with Crippen LogP contribution in [0.1, 0.15) is 49.9 Å². The molecule has 0 radical (unpaired) electrons. The first-order valence-electron chi connectivity index (χ1n) is 9.13. The van der Waals surface area contributed by atoms with Gasteiger partial charge >= 0.3 is 0 Å². The number of nitrogens with zero attached hydrogens (tertiary/aromatic N) is 1. The maximum atomic E-state index is 12.7. The predicted octanol–water partition coefficient (Wildman–Crippen LogP) is 2.71. The SMILES string of the molecule is CN/C(=C\C=N)C1(O)CCC(NC(=O)c2cnc(Cl)cc2NC(C)C)CC1. The van der Waals surface area contributed by atoms with Crippen molar-refractivity contribution in [2.45, 2.75) is 57.2 Å². The van der Waals surface area contributed by atoms with Crippen LogP contribution >= 0.6 is 11.6 Å². The zero-order valence-corrected chi connectivity index (χ0v) is 16.7. The van der Waals surface area contributed by atoms with E-state index in [0.717, 1.165) is 6.21 Å². The Morgan fingerprint density at radius 1 is 1.44 bits per heavy atom. The average Bonchev–Trinajstić information content (AvgIpc) is 2.61. The Morgan fingerprint density at radius 3 is 2.67 bits per heavy atom.